The Kier molecular flexibility index (Phi) is 5.57. The molecule has 1 aliphatic heterocycles. The zero-order chi connectivity index (χ0) is 15.1. The van der Waals surface area contributed by atoms with Crippen LogP contribution < -0.4 is 5.48 Å². The monoisotopic (exact) mass is 292 g/mol. The van der Waals surface area contributed by atoms with Gasteiger partial charge in [0.1, 0.15) is 6.61 Å². The number of ether oxygens (including phenoxy) is 1. The molecule has 0 bridgehead atoms. The predicted molar refractivity (Wildman–Crippen MR) is 76.1 cm³/mol. The zero-order valence-electron chi connectivity index (χ0n) is 12.1. The van der Waals surface area contributed by atoms with Crippen molar-refractivity contribution in [3.05, 3.63) is 35.9 Å². The van der Waals surface area contributed by atoms with Gasteiger partial charge in [-0.1, -0.05) is 30.3 Å². The second kappa shape index (κ2) is 7.64. The van der Waals surface area contributed by atoms with Gasteiger partial charge in [-0.25, -0.2) is 10.3 Å². The van der Waals surface area contributed by atoms with Crippen molar-refractivity contribution < 1.29 is 19.2 Å². The number of benzene rings is 1. The van der Waals surface area contributed by atoms with E-state index in [0.29, 0.717) is 25.9 Å². The number of piperidine rings is 1. The molecule has 0 aromatic heterocycles. The van der Waals surface area contributed by atoms with Crippen LogP contribution in [0.5, 0.6) is 0 Å². The van der Waals surface area contributed by atoms with Gasteiger partial charge >= 0.3 is 6.09 Å². The molecular formula is C15H20N2O4. The van der Waals surface area contributed by atoms with Gasteiger partial charge in [-0.2, -0.15) is 0 Å². The fraction of sp³-hybridized carbons (Fsp3) is 0.467. The topological polar surface area (TPSA) is 67.9 Å². The minimum Gasteiger partial charge on any atom is -0.445 e. The third kappa shape index (κ3) is 4.46. The predicted octanol–water partition coefficient (Wildman–Crippen LogP) is 1.71. The Bertz CT molecular complexity index is 470. The average molecular weight is 292 g/mol. The maximum atomic E-state index is 12.0. The van der Waals surface area contributed by atoms with E-state index in [1.54, 1.807) is 4.90 Å². The summed E-state index contributed by atoms with van der Waals surface area (Å²) in [4.78, 5) is 29.8. The summed E-state index contributed by atoms with van der Waals surface area (Å²) in [6, 6.07) is 9.55. The fourth-order valence-electron chi connectivity index (χ4n) is 2.32. The first kappa shape index (κ1) is 15.3. The lowest BCUT2D eigenvalue weighted by Crippen LogP contribution is -2.43. The van der Waals surface area contributed by atoms with Crippen LogP contribution in [0.25, 0.3) is 0 Å². The maximum absolute atomic E-state index is 12.0. The lowest BCUT2D eigenvalue weighted by atomic mass is 9.96. The molecule has 1 fully saturated rings. The van der Waals surface area contributed by atoms with Gasteiger partial charge in [0.2, 0.25) is 5.91 Å². The van der Waals surface area contributed by atoms with E-state index in [2.05, 4.69) is 10.3 Å². The van der Waals surface area contributed by atoms with Crippen molar-refractivity contribution in [2.45, 2.75) is 19.4 Å². The highest BCUT2D eigenvalue weighted by molar-refractivity contribution is 5.78. The van der Waals surface area contributed by atoms with E-state index in [1.165, 1.54) is 7.11 Å². The number of hydroxylamine groups is 1. The van der Waals surface area contributed by atoms with Crippen molar-refractivity contribution in [3.63, 3.8) is 0 Å². The molecule has 2 rings (SSSR count). The van der Waals surface area contributed by atoms with Gasteiger partial charge in [-0.05, 0) is 18.4 Å². The smallest absolute Gasteiger partial charge is 0.410 e. The lowest BCUT2D eigenvalue weighted by Gasteiger charge is -2.30. The number of hydrogen-bond donors (Lipinski definition) is 1. The van der Waals surface area contributed by atoms with Crippen molar-refractivity contribution in [1.29, 1.82) is 0 Å². The Morgan fingerprint density at radius 2 is 1.90 bits per heavy atom. The van der Waals surface area contributed by atoms with Crippen molar-refractivity contribution >= 4 is 12.0 Å². The Morgan fingerprint density at radius 1 is 1.24 bits per heavy atom. The highest BCUT2D eigenvalue weighted by Gasteiger charge is 2.28. The van der Waals surface area contributed by atoms with Crippen molar-refractivity contribution in [3.8, 4) is 0 Å². The van der Waals surface area contributed by atoms with E-state index in [-0.39, 0.29) is 24.5 Å². The molecule has 6 nitrogen and oxygen atoms in total. The summed E-state index contributed by atoms with van der Waals surface area (Å²) in [5.41, 5.74) is 3.29. The largest absolute Gasteiger partial charge is 0.445 e. The first-order valence-electron chi connectivity index (χ1n) is 6.99. The van der Waals surface area contributed by atoms with Crippen LogP contribution in [0.1, 0.15) is 18.4 Å². The summed E-state index contributed by atoms with van der Waals surface area (Å²) in [5.74, 6) is -0.238. The number of amides is 2. The van der Waals surface area contributed by atoms with Crippen LogP contribution >= 0.6 is 0 Å². The molecule has 6 heteroatoms. The third-order valence-corrected chi connectivity index (χ3v) is 3.53. The number of carbonyl (C=O) groups excluding carboxylic acids is 2. The van der Waals surface area contributed by atoms with Gasteiger partial charge in [0, 0.05) is 19.0 Å². The van der Waals surface area contributed by atoms with Crippen LogP contribution in [-0.2, 0) is 21.0 Å². The van der Waals surface area contributed by atoms with E-state index in [4.69, 9.17) is 4.74 Å². The zero-order valence-corrected chi connectivity index (χ0v) is 12.1. The number of likely N-dealkylation sites (tertiary alicyclic amines) is 1. The fourth-order valence-corrected chi connectivity index (χ4v) is 2.32. The molecule has 0 spiro atoms. The van der Waals surface area contributed by atoms with Gasteiger partial charge in [-0.3, -0.25) is 9.63 Å². The molecule has 1 heterocycles. The molecule has 114 valence electrons. The second-order valence-electron chi connectivity index (χ2n) is 4.97. The van der Waals surface area contributed by atoms with E-state index in [0.717, 1.165) is 5.56 Å². The number of hydrogen-bond acceptors (Lipinski definition) is 4. The van der Waals surface area contributed by atoms with Gasteiger partial charge in [0.15, 0.2) is 0 Å². The number of nitrogens with zero attached hydrogens (tertiary/aromatic N) is 1. The van der Waals surface area contributed by atoms with Gasteiger partial charge in [-0.15, -0.1) is 0 Å². The Morgan fingerprint density at radius 3 is 2.52 bits per heavy atom. The third-order valence-electron chi connectivity index (χ3n) is 3.53. The van der Waals surface area contributed by atoms with Crippen molar-refractivity contribution in [2.75, 3.05) is 20.2 Å². The van der Waals surface area contributed by atoms with Crippen LogP contribution in [-0.4, -0.2) is 37.1 Å². The van der Waals surface area contributed by atoms with E-state index in [9.17, 15) is 9.59 Å². The molecular weight excluding hydrogens is 272 g/mol. The molecule has 0 unspecified atom stereocenters. The molecule has 1 saturated heterocycles. The standard InChI is InChI=1S/C15H20N2O4/c1-20-16-14(18)13-7-9-17(10-8-13)15(19)21-11-12-5-3-2-4-6-12/h2-6,13H,7-11H2,1H3,(H,16,18). The van der Waals surface area contributed by atoms with E-state index < -0.39 is 0 Å². The summed E-state index contributed by atoms with van der Waals surface area (Å²) >= 11 is 0. The average Bonchev–Trinajstić information content (AvgIpc) is 2.54. The molecule has 0 radical (unpaired) electrons. The first-order chi connectivity index (χ1) is 10.2. The van der Waals surface area contributed by atoms with E-state index in [1.807, 2.05) is 30.3 Å². The molecule has 1 N–H and O–H groups in total. The molecule has 1 aromatic rings. The molecule has 1 aliphatic rings. The highest BCUT2D eigenvalue weighted by atomic mass is 16.6. The quantitative estimate of drug-likeness (QED) is 0.858. The van der Waals surface area contributed by atoms with Crippen LogP contribution in [0.15, 0.2) is 30.3 Å². The summed E-state index contributed by atoms with van der Waals surface area (Å²) in [7, 11) is 1.41. The number of rotatable bonds is 4. The minimum absolute atomic E-state index is 0.108. The second-order valence-corrected chi connectivity index (χ2v) is 4.97. The number of nitrogens with one attached hydrogen (secondary N) is 1. The Labute approximate surface area is 124 Å². The van der Waals surface area contributed by atoms with Gasteiger partial charge in [0.25, 0.3) is 0 Å². The maximum Gasteiger partial charge on any atom is 0.410 e. The van der Waals surface area contributed by atoms with Crippen molar-refractivity contribution in [2.24, 2.45) is 5.92 Å². The Balaban J connectivity index is 1.74. The summed E-state index contributed by atoms with van der Waals surface area (Å²) in [5, 5.41) is 0. The SMILES string of the molecule is CONC(=O)C1CCN(C(=O)OCc2ccccc2)CC1. The molecule has 0 saturated carbocycles. The van der Waals surface area contributed by atoms with Crippen LogP contribution in [0.2, 0.25) is 0 Å². The Hall–Kier alpha value is -2.08. The molecule has 0 aliphatic carbocycles. The molecule has 1 aromatic carbocycles. The van der Waals surface area contributed by atoms with Crippen LogP contribution in [0.3, 0.4) is 0 Å². The number of carbonyl (C=O) groups is 2. The van der Waals surface area contributed by atoms with Gasteiger partial charge in [0.05, 0.1) is 7.11 Å². The first-order valence-corrected chi connectivity index (χ1v) is 6.99. The summed E-state index contributed by atoms with van der Waals surface area (Å²) < 4.78 is 5.27. The highest BCUT2D eigenvalue weighted by Crippen LogP contribution is 2.18. The minimum atomic E-state index is -0.329. The van der Waals surface area contributed by atoms with Crippen molar-refractivity contribution in [1.82, 2.24) is 10.4 Å². The molecule has 2 amide bonds. The summed E-state index contributed by atoms with van der Waals surface area (Å²) in [6.07, 6.45) is 0.912. The molecule has 21 heavy (non-hydrogen) atoms. The molecule has 0 atom stereocenters. The summed E-state index contributed by atoms with van der Waals surface area (Å²) in [6.45, 7) is 1.31. The lowest BCUT2D eigenvalue weighted by molar-refractivity contribution is -0.136. The van der Waals surface area contributed by atoms with Crippen LogP contribution in [0.4, 0.5) is 4.79 Å². The van der Waals surface area contributed by atoms with E-state index >= 15 is 0 Å². The van der Waals surface area contributed by atoms with Crippen LogP contribution in [0, 0.1) is 5.92 Å². The van der Waals surface area contributed by atoms with Gasteiger partial charge < -0.3 is 9.64 Å². The normalized spacial score (nSPS) is 15.6.